The number of aromatic nitrogens is 5. The summed E-state index contributed by atoms with van der Waals surface area (Å²) in [5.41, 5.74) is 2.19. The van der Waals surface area contributed by atoms with E-state index in [-0.39, 0.29) is 0 Å². The smallest absolute Gasteiger partial charge is 0.164 e. The first-order chi connectivity index (χ1) is 10.0. The lowest BCUT2D eigenvalue weighted by atomic mass is 10.2. The average Bonchev–Trinajstić information content (AvgIpc) is 2.98. The molecule has 0 saturated heterocycles. The van der Waals surface area contributed by atoms with Gasteiger partial charge in [-0.25, -0.2) is 9.67 Å². The molecule has 0 aromatic carbocycles. The minimum atomic E-state index is 0.630. The van der Waals surface area contributed by atoms with Crippen LogP contribution < -0.4 is 5.32 Å². The van der Waals surface area contributed by atoms with Gasteiger partial charge in [0.05, 0.1) is 29.0 Å². The van der Waals surface area contributed by atoms with Crippen molar-refractivity contribution < 1.29 is 0 Å². The van der Waals surface area contributed by atoms with Crippen molar-refractivity contribution in [3.05, 3.63) is 28.0 Å². The van der Waals surface area contributed by atoms with Gasteiger partial charge in [-0.05, 0) is 34.8 Å². The van der Waals surface area contributed by atoms with E-state index >= 15 is 0 Å². The molecule has 0 bridgehead atoms. The summed E-state index contributed by atoms with van der Waals surface area (Å²) in [6.45, 7) is 8.82. The van der Waals surface area contributed by atoms with Crippen molar-refractivity contribution in [1.82, 2.24) is 29.9 Å². The Balaban J connectivity index is 2.01. The fourth-order valence-corrected chi connectivity index (χ4v) is 2.85. The molecule has 2 heterocycles. The molecule has 0 unspecified atom stereocenters. The Morgan fingerprint density at radius 1 is 1.33 bits per heavy atom. The summed E-state index contributed by atoms with van der Waals surface area (Å²) in [5.74, 6) is 1.45. The van der Waals surface area contributed by atoms with Gasteiger partial charge >= 0.3 is 0 Å². The maximum absolute atomic E-state index is 4.50. The van der Waals surface area contributed by atoms with Crippen LogP contribution in [-0.2, 0) is 26.6 Å². The Labute approximate surface area is 134 Å². The van der Waals surface area contributed by atoms with E-state index in [1.165, 1.54) is 0 Å². The highest BCUT2D eigenvalue weighted by atomic mass is 79.9. The molecule has 2 aromatic heterocycles. The molecule has 0 atom stereocenters. The van der Waals surface area contributed by atoms with Crippen molar-refractivity contribution in [2.24, 2.45) is 13.0 Å². The molecule has 2 aromatic rings. The Morgan fingerprint density at radius 3 is 2.71 bits per heavy atom. The van der Waals surface area contributed by atoms with Crippen LogP contribution in [0.2, 0.25) is 0 Å². The number of hydrogen-bond donors (Lipinski definition) is 1. The van der Waals surface area contributed by atoms with E-state index in [1.807, 2.05) is 16.4 Å². The number of nitrogens with zero attached hydrogens (tertiary/aromatic N) is 5. The fraction of sp³-hybridized carbons (Fsp3) is 0.643. The van der Waals surface area contributed by atoms with Gasteiger partial charge in [0.1, 0.15) is 6.33 Å². The first kappa shape index (κ1) is 16.2. The molecule has 0 aliphatic rings. The van der Waals surface area contributed by atoms with Crippen molar-refractivity contribution >= 4 is 15.9 Å². The zero-order chi connectivity index (χ0) is 15.4. The topological polar surface area (TPSA) is 60.6 Å². The van der Waals surface area contributed by atoms with Gasteiger partial charge in [-0.2, -0.15) is 10.2 Å². The minimum absolute atomic E-state index is 0.630. The molecule has 1 N–H and O–H groups in total. The van der Waals surface area contributed by atoms with E-state index in [9.17, 15) is 0 Å². The van der Waals surface area contributed by atoms with Gasteiger partial charge in [0, 0.05) is 7.05 Å². The predicted molar refractivity (Wildman–Crippen MR) is 86.0 cm³/mol. The number of rotatable bonds is 7. The van der Waals surface area contributed by atoms with Crippen LogP contribution in [-0.4, -0.2) is 31.1 Å². The second-order valence-corrected chi connectivity index (χ2v) is 6.36. The van der Waals surface area contributed by atoms with Crippen molar-refractivity contribution in [3.8, 4) is 0 Å². The molecule has 0 fully saturated rings. The molecule has 0 amide bonds. The molecule has 2 rings (SSSR count). The summed E-state index contributed by atoms with van der Waals surface area (Å²) < 4.78 is 4.83. The first-order valence-electron chi connectivity index (χ1n) is 7.30. The normalized spacial score (nSPS) is 11.5. The molecule has 6 nitrogen and oxygen atoms in total. The second-order valence-electron chi connectivity index (χ2n) is 5.57. The second kappa shape index (κ2) is 7.17. The average molecular weight is 355 g/mol. The number of halogens is 1. The summed E-state index contributed by atoms with van der Waals surface area (Å²) in [7, 11) is 1.96. The maximum Gasteiger partial charge on any atom is 0.164 e. The van der Waals surface area contributed by atoms with E-state index in [0.29, 0.717) is 19.0 Å². The summed E-state index contributed by atoms with van der Waals surface area (Å²) in [5, 5.41) is 12.3. The van der Waals surface area contributed by atoms with Gasteiger partial charge < -0.3 is 5.32 Å². The molecule has 0 aliphatic carbocycles. The highest BCUT2D eigenvalue weighted by molar-refractivity contribution is 9.10. The van der Waals surface area contributed by atoms with E-state index < -0.39 is 0 Å². The van der Waals surface area contributed by atoms with Crippen molar-refractivity contribution in [3.63, 3.8) is 0 Å². The Morgan fingerprint density at radius 2 is 2.10 bits per heavy atom. The molecule has 0 saturated carbocycles. The Hall–Kier alpha value is -1.21. The van der Waals surface area contributed by atoms with Gasteiger partial charge in [-0.15, -0.1) is 0 Å². The van der Waals surface area contributed by atoms with Crippen LogP contribution in [0.3, 0.4) is 0 Å². The molecule has 0 aliphatic heterocycles. The molecule has 0 spiro atoms. The highest BCUT2D eigenvalue weighted by Crippen LogP contribution is 2.22. The van der Waals surface area contributed by atoms with E-state index in [4.69, 9.17) is 0 Å². The third-order valence-corrected chi connectivity index (χ3v) is 4.15. The van der Waals surface area contributed by atoms with Crippen LogP contribution >= 0.6 is 15.9 Å². The van der Waals surface area contributed by atoms with Crippen molar-refractivity contribution in [1.29, 1.82) is 0 Å². The summed E-state index contributed by atoms with van der Waals surface area (Å²) >= 11 is 3.63. The quantitative estimate of drug-likeness (QED) is 0.827. The molecular formula is C14H23BrN6. The Bertz CT molecular complexity index is 586. The third-order valence-electron chi connectivity index (χ3n) is 3.23. The van der Waals surface area contributed by atoms with E-state index in [0.717, 1.165) is 34.7 Å². The van der Waals surface area contributed by atoms with Crippen LogP contribution in [0.1, 0.15) is 38.0 Å². The van der Waals surface area contributed by atoms with Gasteiger partial charge in [-0.1, -0.05) is 20.8 Å². The predicted octanol–water partition coefficient (Wildman–Crippen LogP) is 2.13. The highest BCUT2D eigenvalue weighted by Gasteiger charge is 2.13. The zero-order valence-corrected chi connectivity index (χ0v) is 14.7. The number of hydrogen-bond acceptors (Lipinski definition) is 4. The van der Waals surface area contributed by atoms with Crippen LogP contribution in [0.5, 0.6) is 0 Å². The summed E-state index contributed by atoms with van der Waals surface area (Å²) in [4.78, 5) is 4.34. The number of nitrogens with one attached hydrogen (secondary N) is 1. The maximum atomic E-state index is 4.50. The SMILES string of the molecule is CCc1nn(C)c(Cn2cnc(CNCC(C)C)n2)c1Br. The summed E-state index contributed by atoms with van der Waals surface area (Å²) in [6, 6.07) is 0. The largest absolute Gasteiger partial charge is 0.310 e. The molecular weight excluding hydrogens is 332 g/mol. The van der Waals surface area contributed by atoms with E-state index in [1.54, 1.807) is 6.33 Å². The molecule has 0 radical (unpaired) electrons. The van der Waals surface area contributed by atoms with Gasteiger partial charge in [0.15, 0.2) is 5.82 Å². The van der Waals surface area contributed by atoms with Gasteiger partial charge in [0.25, 0.3) is 0 Å². The van der Waals surface area contributed by atoms with Crippen LogP contribution in [0.4, 0.5) is 0 Å². The van der Waals surface area contributed by atoms with Crippen LogP contribution in [0.25, 0.3) is 0 Å². The standard InChI is InChI=1S/C14H23BrN6/c1-5-11-14(15)12(20(4)18-11)8-21-9-17-13(19-21)7-16-6-10(2)3/h9-10,16H,5-8H2,1-4H3. The lowest BCUT2D eigenvalue weighted by Crippen LogP contribution is -2.20. The third kappa shape index (κ3) is 4.14. The molecule has 116 valence electrons. The van der Waals surface area contributed by atoms with Crippen molar-refractivity contribution in [2.45, 2.75) is 40.3 Å². The zero-order valence-electron chi connectivity index (χ0n) is 13.1. The van der Waals surface area contributed by atoms with Crippen LogP contribution in [0.15, 0.2) is 10.8 Å². The van der Waals surface area contributed by atoms with Gasteiger partial charge in [-0.3, -0.25) is 4.68 Å². The number of aryl methyl sites for hydroxylation is 2. The molecule has 7 heteroatoms. The van der Waals surface area contributed by atoms with Gasteiger partial charge in [0.2, 0.25) is 0 Å². The Kier molecular flexibility index (Phi) is 5.52. The fourth-order valence-electron chi connectivity index (χ4n) is 2.11. The summed E-state index contributed by atoms with van der Waals surface area (Å²) in [6.07, 6.45) is 2.69. The first-order valence-corrected chi connectivity index (χ1v) is 8.09. The van der Waals surface area contributed by atoms with Crippen LogP contribution in [0, 0.1) is 5.92 Å². The molecule has 21 heavy (non-hydrogen) atoms. The van der Waals surface area contributed by atoms with E-state index in [2.05, 4.69) is 57.2 Å². The van der Waals surface area contributed by atoms with Crippen molar-refractivity contribution in [2.75, 3.05) is 6.54 Å². The lowest BCUT2D eigenvalue weighted by Gasteiger charge is -2.04. The lowest BCUT2D eigenvalue weighted by molar-refractivity contribution is 0.538. The monoisotopic (exact) mass is 354 g/mol. The minimum Gasteiger partial charge on any atom is -0.310 e.